The van der Waals surface area contributed by atoms with E-state index >= 15 is 0 Å². The van der Waals surface area contributed by atoms with Gasteiger partial charge in [0.1, 0.15) is 0 Å². The maximum atomic E-state index is 12.7. The molecule has 1 aliphatic heterocycles. The minimum Gasteiger partial charge on any atom is -0.364 e. The van der Waals surface area contributed by atoms with Crippen LogP contribution in [0, 0.1) is 0 Å². The van der Waals surface area contributed by atoms with Crippen LogP contribution in [-0.2, 0) is 0 Å². The van der Waals surface area contributed by atoms with E-state index in [9.17, 15) is 9.59 Å². The number of aromatic nitrogens is 2. The molecule has 2 aromatic rings. The van der Waals surface area contributed by atoms with E-state index < -0.39 is 5.91 Å². The molecular formula is C16H19Cl2N5O2. The summed E-state index contributed by atoms with van der Waals surface area (Å²) in [7, 11) is 0. The van der Waals surface area contributed by atoms with Gasteiger partial charge in [0, 0.05) is 37.4 Å². The summed E-state index contributed by atoms with van der Waals surface area (Å²) in [6.45, 7) is 0.867. The lowest BCUT2D eigenvalue weighted by molar-refractivity contribution is 0.0776. The molecule has 0 radical (unpaired) electrons. The smallest absolute Gasteiger partial charge is 0.274 e. The zero-order valence-corrected chi connectivity index (χ0v) is 14.9. The Hall–Kier alpha value is -2.22. The van der Waals surface area contributed by atoms with E-state index in [4.69, 9.17) is 11.5 Å². The summed E-state index contributed by atoms with van der Waals surface area (Å²) in [5.74, 6) is -1.10. The van der Waals surface area contributed by atoms with Gasteiger partial charge in [-0.3, -0.25) is 9.59 Å². The Morgan fingerprint density at radius 1 is 1.00 bits per heavy atom. The lowest BCUT2D eigenvalue weighted by Gasteiger charge is -2.16. The van der Waals surface area contributed by atoms with Crippen LogP contribution in [0.1, 0.15) is 32.5 Å². The number of rotatable bonds is 3. The molecule has 4 N–H and O–H groups in total. The van der Waals surface area contributed by atoms with Crippen LogP contribution in [-0.4, -0.2) is 45.8 Å². The van der Waals surface area contributed by atoms with Crippen LogP contribution in [0.2, 0.25) is 0 Å². The molecule has 1 aliphatic rings. The van der Waals surface area contributed by atoms with Gasteiger partial charge in [0.25, 0.3) is 11.8 Å². The number of hydrogen-bond donors (Lipinski definition) is 2. The molecule has 134 valence electrons. The number of nitrogens with zero attached hydrogens (tertiary/aromatic N) is 3. The van der Waals surface area contributed by atoms with E-state index in [0.29, 0.717) is 13.1 Å². The van der Waals surface area contributed by atoms with E-state index in [1.54, 1.807) is 4.90 Å². The van der Waals surface area contributed by atoms with E-state index in [1.807, 2.05) is 30.3 Å². The highest BCUT2D eigenvalue weighted by atomic mass is 35.5. The average molecular weight is 384 g/mol. The molecule has 2 heterocycles. The monoisotopic (exact) mass is 383 g/mol. The number of primary amides is 1. The van der Waals surface area contributed by atoms with Crippen molar-refractivity contribution in [3.05, 3.63) is 59.7 Å². The van der Waals surface area contributed by atoms with Gasteiger partial charge >= 0.3 is 0 Å². The summed E-state index contributed by atoms with van der Waals surface area (Å²) in [5.41, 5.74) is 12.4. The second-order valence-electron chi connectivity index (χ2n) is 5.51. The molecule has 25 heavy (non-hydrogen) atoms. The number of amides is 2. The van der Waals surface area contributed by atoms with Gasteiger partial charge in [0.2, 0.25) is 0 Å². The van der Waals surface area contributed by atoms with E-state index in [-0.39, 0.29) is 54.1 Å². The SMILES string of the molecule is Cl.Cl.NC(=O)c1nccnc1C(=O)N1C[C@@H](N)[C@H](c2ccccc2)C1. The van der Waals surface area contributed by atoms with Crippen molar-refractivity contribution < 1.29 is 9.59 Å². The number of halogens is 2. The molecule has 0 bridgehead atoms. The molecule has 2 amide bonds. The van der Waals surface area contributed by atoms with Gasteiger partial charge in [0.15, 0.2) is 11.4 Å². The molecule has 0 unspecified atom stereocenters. The highest BCUT2D eigenvalue weighted by Crippen LogP contribution is 2.27. The van der Waals surface area contributed by atoms with Crippen LogP contribution in [0.4, 0.5) is 0 Å². The molecule has 9 heteroatoms. The van der Waals surface area contributed by atoms with Crippen LogP contribution in [0.15, 0.2) is 42.7 Å². The number of likely N-dealkylation sites (tertiary alicyclic amines) is 1. The van der Waals surface area contributed by atoms with Crippen LogP contribution < -0.4 is 11.5 Å². The van der Waals surface area contributed by atoms with Crippen LogP contribution >= 0.6 is 24.8 Å². The average Bonchev–Trinajstić information content (AvgIpc) is 2.97. The van der Waals surface area contributed by atoms with Gasteiger partial charge in [-0.05, 0) is 5.56 Å². The summed E-state index contributed by atoms with van der Waals surface area (Å²) >= 11 is 0. The molecule has 1 fully saturated rings. The Labute approximate surface area is 157 Å². The molecule has 0 aliphatic carbocycles. The fourth-order valence-electron chi connectivity index (χ4n) is 2.87. The second kappa shape index (κ2) is 8.75. The van der Waals surface area contributed by atoms with Crippen molar-refractivity contribution in [2.45, 2.75) is 12.0 Å². The number of carbonyl (C=O) groups excluding carboxylic acids is 2. The van der Waals surface area contributed by atoms with E-state index in [0.717, 1.165) is 5.56 Å². The first-order valence-electron chi connectivity index (χ1n) is 7.28. The van der Waals surface area contributed by atoms with Crippen molar-refractivity contribution in [2.24, 2.45) is 11.5 Å². The number of benzene rings is 1. The predicted octanol–water partition coefficient (Wildman–Crippen LogP) is 0.986. The third-order valence-electron chi connectivity index (χ3n) is 4.01. The Bertz CT molecular complexity index is 744. The van der Waals surface area contributed by atoms with E-state index in [1.165, 1.54) is 12.4 Å². The topological polar surface area (TPSA) is 115 Å². The standard InChI is InChI=1S/C16H17N5O2.2ClH/c17-12-9-21(8-11(12)10-4-2-1-3-5-10)16(23)14-13(15(18)22)19-6-7-20-14;;/h1-7,11-12H,8-9,17H2,(H2,18,22);2*1H/t11-,12+;;/m0../s1. The Balaban J connectivity index is 0.00000156. The molecule has 0 spiro atoms. The summed E-state index contributed by atoms with van der Waals surface area (Å²) in [5, 5.41) is 0. The molecule has 0 saturated carbocycles. The number of nitrogens with two attached hydrogens (primary N) is 2. The summed E-state index contributed by atoms with van der Waals surface area (Å²) in [6.07, 6.45) is 2.70. The van der Waals surface area contributed by atoms with Gasteiger partial charge in [-0.25, -0.2) is 9.97 Å². The minimum atomic E-state index is -0.774. The summed E-state index contributed by atoms with van der Waals surface area (Å²) < 4.78 is 0. The maximum Gasteiger partial charge on any atom is 0.274 e. The fourth-order valence-corrected chi connectivity index (χ4v) is 2.87. The number of hydrogen-bond acceptors (Lipinski definition) is 5. The zero-order chi connectivity index (χ0) is 16.4. The quantitative estimate of drug-likeness (QED) is 0.819. The first kappa shape index (κ1) is 20.8. The lowest BCUT2D eigenvalue weighted by Crippen LogP contribution is -2.34. The zero-order valence-electron chi connectivity index (χ0n) is 13.2. The molecule has 1 aromatic carbocycles. The molecule has 1 aromatic heterocycles. The summed E-state index contributed by atoms with van der Waals surface area (Å²) in [4.78, 5) is 33.5. The Morgan fingerprint density at radius 2 is 1.60 bits per heavy atom. The Kier molecular flexibility index (Phi) is 7.29. The van der Waals surface area contributed by atoms with Crippen molar-refractivity contribution in [3.63, 3.8) is 0 Å². The normalized spacial score (nSPS) is 18.8. The van der Waals surface area contributed by atoms with Gasteiger partial charge in [-0.15, -0.1) is 24.8 Å². The van der Waals surface area contributed by atoms with Crippen molar-refractivity contribution in [2.75, 3.05) is 13.1 Å². The van der Waals surface area contributed by atoms with Crippen LogP contribution in [0.5, 0.6) is 0 Å². The van der Waals surface area contributed by atoms with Gasteiger partial charge < -0.3 is 16.4 Å². The fraction of sp³-hybridized carbons (Fsp3) is 0.250. The lowest BCUT2D eigenvalue weighted by atomic mass is 9.95. The third kappa shape index (κ3) is 4.25. The van der Waals surface area contributed by atoms with E-state index in [2.05, 4.69) is 9.97 Å². The second-order valence-corrected chi connectivity index (χ2v) is 5.51. The van der Waals surface area contributed by atoms with Crippen molar-refractivity contribution in [1.29, 1.82) is 0 Å². The first-order chi connectivity index (χ1) is 11.1. The van der Waals surface area contributed by atoms with Gasteiger partial charge in [-0.1, -0.05) is 30.3 Å². The first-order valence-corrected chi connectivity index (χ1v) is 7.28. The van der Waals surface area contributed by atoms with Crippen molar-refractivity contribution in [1.82, 2.24) is 14.9 Å². The molecule has 3 rings (SSSR count). The van der Waals surface area contributed by atoms with Gasteiger partial charge in [-0.2, -0.15) is 0 Å². The predicted molar refractivity (Wildman–Crippen MR) is 98.1 cm³/mol. The van der Waals surface area contributed by atoms with Crippen LogP contribution in [0.25, 0.3) is 0 Å². The molecule has 7 nitrogen and oxygen atoms in total. The molecular weight excluding hydrogens is 365 g/mol. The number of carbonyl (C=O) groups is 2. The third-order valence-corrected chi connectivity index (χ3v) is 4.01. The molecule has 1 saturated heterocycles. The molecule has 2 atom stereocenters. The van der Waals surface area contributed by atoms with Crippen molar-refractivity contribution in [3.8, 4) is 0 Å². The van der Waals surface area contributed by atoms with Crippen LogP contribution in [0.3, 0.4) is 0 Å². The highest BCUT2D eigenvalue weighted by Gasteiger charge is 2.35. The maximum absolute atomic E-state index is 12.7. The Morgan fingerprint density at radius 3 is 2.20 bits per heavy atom. The largest absolute Gasteiger partial charge is 0.364 e. The summed E-state index contributed by atoms with van der Waals surface area (Å²) in [6, 6.07) is 9.65. The van der Waals surface area contributed by atoms with Gasteiger partial charge in [0.05, 0.1) is 0 Å². The minimum absolute atomic E-state index is 0. The van der Waals surface area contributed by atoms with Crippen molar-refractivity contribution >= 4 is 36.6 Å². The highest BCUT2D eigenvalue weighted by molar-refractivity contribution is 6.04.